The van der Waals surface area contributed by atoms with Gasteiger partial charge in [0.15, 0.2) is 0 Å². The van der Waals surface area contributed by atoms with E-state index >= 15 is 0 Å². The number of carbonyl (C=O) groups is 2. The zero-order valence-electron chi connectivity index (χ0n) is 21.6. The second-order valence-electron chi connectivity index (χ2n) is 10.2. The summed E-state index contributed by atoms with van der Waals surface area (Å²) in [4.78, 5) is 27.7. The molecule has 5 rings (SSSR count). The third-order valence-electron chi connectivity index (χ3n) is 7.71. The number of nitrogens with zero attached hydrogens (tertiary/aromatic N) is 2. The first-order valence-corrected chi connectivity index (χ1v) is 13.5. The van der Waals surface area contributed by atoms with Crippen LogP contribution in [-0.4, -0.2) is 47.6 Å². The number of likely N-dealkylation sites (tertiary alicyclic amines) is 1. The Bertz CT molecular complexity index is 1250. The van der Waals surface area contributed by atoms with E-state index in [1.165, 1.54) is 36.6 Å². The smallest absolute Gasteiger partial charge is 0.334 e. The van der Waals surface area contributed by atoms with Crippen LogP contribution in [0.2, 0.25) is 0 Å². The molecule has 3 aromatic rings. The summed E-state index contributed by atoms with van der Waals surface area (Å²) in [5, 5.41) is 1.22. The average molecular weight is 501 g/mol. The first kappa shape index (κ1) is 25.1. The SMILES string of the molecule is CCOC(=O)/C(=C/c1ccc(OCCn2ccc3ccccc32)cc1)CC(=O)N1C[C@H]2CCCC[C@H]2C1. The van der Waals surface area contributed by atoms with Crippen LogP contribution in [0.5, 0.6) is 5.75 Å². The minimum atomic E-state index is -0.424. The van der Waals surface area contributed by atoms with Gasteiger partial charge in [0.2, 0.25) is 5.91 Å². The molecule has 1 aromatic heterocycles. The molecule has 2 fully saturated rings. The summed E-state index contributed by atoms with van der Waals surface area (Å²) >= 11 is 0. The van der Waals surface area contributed by atoms with Crippen molar-refractivity contribution in [2.24, 2.45) is 11.8 Å². The molecule has 1 aliphatic heterocycles. The third kappa shape index (κ3) is 6.07. The van der Waals surface area contributed by atoms with Crippen LogP contribution >= 0.6 is 0 Å². The van der Waals surface area contributed by atoms with Crippen molar-refractivity contribution in [1.29, 1.82) is 0 Å². The molecule has 0 N–H and O–H groups in total. The first-order valence-electron chi connectivity index (χ1n) is 13.5. The Labute approximate surface area is 218 Å². The Morgan fingerprint density at radius 2 is 1.70 bits per heavy atom. The van der Waals surface area contributed by atoms with Crippen molar-refractivity contribution < 1.29 is 19.1 Å². The third-order valence-corrected chi connectivity index (χ3v) is 7.71. The Morgan fingerprint density at radius 1 is 0.973 bits per heavy atom. The Hall–Kier alpha value is -3.54. The largest absolute Gasteiger partial charge is 0.492 e. The number of fused-ring (bicyclic) bond motifs is 2. The van der Waals surface area contributed by atoms with Gasteiger partial charge in [-0.3, -0.25) is 4.79 Å². The Morgan fingerprint density at radius 3 is 2.43 bits per heavy atom. The molecule has 1 saturated heterocycles. The molecular weight excluding hydrogens is 464 g/mol. The number of rotatable bonds is 9. The lowest BCUT2D eigenvalue weighted by Crippen LogP contribution is -2.30. The second kappa shape index (κ2) is 11.7. The van der Waals surface area contributed by atoms with E-state index in [4.69, 9.17) is 9.47 Å². The molecular formula is C31H36N2O4. The van der Waals surface area contributed by atoms with Gasteiger partial charge in [-0.05, 0) is 72.9 Å². The predicted octanol–water partition coefficient (Wildman–Crippen LogP) is 5.71. The van der Waals surface area contributed by atoms with Crippen LogP contribution in [0.15, 0.2) is 66.4 Å². The standard InChI is InChI=1S/C31H36N2O4/c1-2-36-31(35)27(20-30(34)33-21-25-8-3-4-9-26(25)22-33)19-23-11-13-28(14-12-23)37-18-17-32-16-15-24-7-5-6-10-29(24)32/h5-7,10-16,19,25-26H,2-4,8-9,17-18,20-22H2,1H3/b27-19+/t25-,26+. The topological polar surface area (TPSA) is 60.8 Å². The number of hydrogen-bond acceptors (Lipinski definition) is 4. The summed E-state index contributed by atoms with van der Waals surface area (Å²) in [5.41, 5.74) is 2.44. The molecule has 194 valence electrons. The van der Waals surface area contributed by atoms with Crippen molar-refractivity contribution in [3.05, 3.63) is 71.9 Å². The number of benzene rings is 2. The molecule has 37 heavy (non-hydrogen) atoms. The van der Waals surface area contributed by atoms with Crippen LogP contribution in [0, 0.1) is 11.8 Å². The van der Waals surface area contributed by atoms with Crippen LogP contribution in [0.1, 0.15) is 44.6 Å². The van der Waals surface area contributed by atoms with Gasteiger partial charge in [0, 0.05) is 30.4 Å². The highest BCUT2D eigenvalue weighted by atomic mass is 16.5. The van der Waals surface area contributed by atoms with Crippen molar-refractivity contribution in [3.63, 3.8) is 0 Å². The van der Waals surface area contributed by atoms with Crippen molar-refractivity contribution >= 4 is 28.9 Å². The number of esters is 1. The van der Waals surface area contributed by atoms with Crippen LogP contribution in [0.3, 0.4) is 0 Å². The highest BCUT2D eigenvalue weighted by Crippen LogP contribution is 2.36. The van der Waals surface area contributed by atoms with Gasteiger partial charge in [0.05, 0.1) is 19.6 Å². The van der Waals surface area contributed by atoms with Crippen LogP contribution in [0.4, 0.5) is 0 Å². The van der Waals surface area contributed by atoms with Gasteiger partial charge in [0.1, 0.15) is 12.4 Å². The molecule has 1 saturated carbocycles. The minimum absolute atomic E-state index is 0.0196. The number of hydrogen-bond donors (Lipinski definition) is 0. The summed E-state index contributed by atoms with van der Waals surface area (Å²) in [7, 11) is 0. The molecule has 0 radical (unpaired) electrons. The minimum Gasteiger partial charge on any atom is -0.492 e. The molecule has 2 aliphatic rings. The fourth-order valence-corrected chi connectivity index (χ4v) is 5.75. The lowest BCUT2D eigenvalue weighted by atomic mass is 9.82. The Kier molecular flexibility index (Phi) is 7.93. The molecule has 6 heteroatoms. The van der Waals surface area contributed by atoms with E-state index < -0.39 is 5.97 Å². The second-order valence-corrected chi connectivity index (χ2v) is 10.2. The van der Waals surface area contributed by atoms with Crippen molar-refractivity contribution in [3.8, 4) is 5.75 Å². The highest BCUT2D eigenvalue weighted by Gasteiger charge is 2.36. The van der Waals surface area contributed by atoms with E-state index in [9.17, 15) is 9.59 Å². The molecule has 6 nitrogen and oxygen atoms in total. The van der Waals surface area contributed by atoms with E-state index in [2.05, 4.69) is 29.0 Å². The Balaban J connectivity index is 1.20. The molecule has 2 aromatic carbocycles. The zero-order valence-corrected chi connectivity index (χ0v) is 21.6. The summed E-state index contributed by atoms with van der Waals surface area (Å²) in [6.45, 7) is 5.01. The number of aromatic nitrogens is 1. The molecule has 0 spiro atoms. The summed E-state index contributed by atoms with van der Waals surface area (Å²) in [6, 6.07) is 18.0. The highest BCUT2D eigenvalue weighted by molar-refractivity contribution is 5.99. The number of ether oxygens (including phenoxy) is 2. The number of para-hydroxylation sites is 1. The van der Waals surface area contributed by atoms with Crippen molar-refractivity contribution in [2.75, 3.05) is 26.3 Å². The van der Waals surface area contributed by atoms with Gasteiger partial charge in [-0.2, -0.15) is 0 Å². The molecule has 0 bridgehead atoms. The average Bonchev–Trinajstić information content (AvgIpc) is 3.54. The van der Waals surface area contributed by atoms with E-state index in [1.807, 2.05) is 41.3 Å². The van der Waals surface area contributed by atoms with E-state index in [0.29, 0.717) is 24.0 Å². The molecule has 1 amide bonds. The summed E-state index contributed by atoms with van der Waals surface area (Å²) in [6.07, 6.45) is 8.88. The molecule has 0 unspecified atom stereocenters. The van der Waals surface area contributed by atoms with Gasteiger partial charge in [-0.25, -0.2) is 4.79 Å². The van der Waals surface area contributed by atoms with Gasteiger partial charge < -0.3 is 18.9 Å². The molecule has 2 heterocycles. The van der Waals surface area contributed by atoms with Crippen LogP contribution in [-0.2, 0) is 20.9 Å². The normalized spacial score (nSPS) is 19.6. The van der Waals surface area contributed by atoms with Gasteiger partial charge in [0.25, 0.3) is 0 Å². The predicted molar refractivity (Wildman–Crippen MR) is 145 cm³/mol. The lowest BCUT2D eigenvalue weighted by Gasteiger charge is -2.22. The lowest BCUT2D eigenvalue weighted by molar-refractivity contribution is -0.140. The van der Waals surface area contributed by atoms with E-state index in [-0.39, 0.29) is 18.9 Å². The summed E-state index contributed by atoms with van der Waals surface area (Å²) < 4.78 is 13.4. The first-order chi connectivity index (χ1) is 18.1. The molecule has 1 aliphatic carbocycles. The van der Waals surface area contributed by atoms with Crippen LogP contribution < -0.4 is 4.74 Å². The van der Waals surface area contributed by atoms with E-state index in [1.54, 1.807) is 13.0 Å². The zero-order chi connectivity index (χ0) is 25.6. The van der Waals surface area contributed by atoms with Gasteiger partial charge in [-0.1, -0.05) is 43.2 Å². The maximum absolute atomic E-state index is 13.1. The maximum atomic E-state index is 13.1. The van der Waals surface area contributed by atoms with Crippen LogP contribution in [0.25, 0.3) is 17.0 Å². The monoisotopic (exact) mass is 500 g/mol. The van der Waals surface area contributed by atoms with E-state index in [0.717, 1.165) is 30.9 Å². The quantitative estimate of drug-likeness (QED) is 0.279. The van der Waals surface area contributed by atoms with Gasteiger partial charge >= 0.3 is 5.97 Å². The fraction of sp³-hybridized carbons (Fsp3) is 0.419. The van der Waals surface area contributed by atoms with Crippen molar-refractivity contribution in [1.82, 2.24) is 9.47 Å². The number of amides is 1. The fourth-order valence-electron chi connectivity index (χ4n) is 5.75. The molecule has 2 atom stereocenters. The maximum Gasteiger partial charge on any atom is 0.334 e. The number of carbonyl (C=O) groups excluding carboxylic acids is 2. The summed E-state index contributed by atoms with van der Waals surface area (Å²) in [5.74, 6) is 1.60. The van der Waals surface area contributed by atoms with Gasteiger partial charge in [-0.15, -0.1) is 0 Å². The van der Waals surface area contributed by atoms with Crippen molar-refractivity contribution in [2.45, 2.75) is 45.6 Å².